The fourth-order valence-corrected chi connectivity index (χ4v) is 3.80. The number of carbonyl (C=O) groups is 1. The Labute approximate surface area is 160 Å². The molecular formula is C19H19ClN2O3S. The Morgan fingerprint density at radius 1 is 1.15 bits per heavy atom. The molecule has 0 bridgehead atoms. The molecule has 5 nitrogen and oxygen atoms in total. The molecule has 2 aromatic carbocycles. The van der Waals surface area contributed by atoms with Gasteiger partial charge < -0.3 is 10.1 Å². The van der Waals surface area contributed by atoms with Crippen LogP contribution in [-0.4, -0.2) is 16.6 Å². The van der Waals surface area contributed by atoms with Crippen LogP contribution in [0.2, 0.25) is 5.02 Å². The Kier molecular flexibility index (Phi) is 5.34. The number of carbonyl (C=O) groups excluding carboxylic acids is 1. The highest BCUT2D eigenvalue weighted by atomic mass is 35.5. The lowest BCUT2D eigenvalue weighted by molar-refractivity contribution is -0.122. The molecule has 0 aliphatic heterocycles. The first-order valence-corrected chi connectivity index (χ1v) is 9.43. The summed E-state index contributed by atoms with van der Waals surface area (Å²) in [5, 5.41) is 3.44. The molecule has 3 rings (SSSR count). The van der Waals surface area contributed by atoms with Gasteiger partial charge in [-0.2, -0.15) is 0 Å². The quantitative estimate of drug-likeness (QED) is 0.686. The van der Waals surface area contributed by atoms with Gasteiger partial charge in [-0.15, -0.1) is 0 Å². The van der Waals surface area contributed by atoms with Gasteiger partial charge in [-0.3, -0.25) is 14.2 Å². The number of halogens is 1. The topological polar surface area (TPSA) is 60.3 Å². The minimum absolute atomic E-state index is 0.00193. The van der Waals surface area contributed by atoms with Gasteiger partial charge in [0.1, 0.15) is 5.75 Å². The number of hydrogen-bond acceptors (Lipinski definition) is 4. The number of ether oxygens (including phenoxy) is 1. The number of nitrogens with zero attached hydrogens (tertiary/aromatic N) is 1. The van der Waals surface area contributed by atoms with Gasteiger partial charge in [0.05, 0.1) is 10.2 Å². The van der Waals surface area contributed by atoms with Crippen LogP contribution in [0.5, 0.6) is 5.75 Å². The van der Waals surface area contributed by atoms with E-state index in [1.807, 2.05) is 26.0 Å². The van der Waals surface area contributed by atoms with E-state index in [0.29, 0.717) is 16.5 Å². The third-order valence-electron chi connectivity index (χ3n) is 3.89. The lowest BCUT2D eigenvalue weighted by Crippen LogP contribution is -2.30. The Morgan fingerprint density at radius 3 is 2.50 bits per heavy atom. The number of anilines is 1. The number of aromatic nitrogens is 1. The summed E-state index contributed by atoms with van der Waals surface area (Å²) in [6.07, 6.45) is -0.675. The maximum atomic E-state index is 12.4. The van der Waals surface area contributed by atoms with Crippen molar-refractivity contribution in [2.24, 2.45) is 0 Å². The molecule has 7 heteroatoms. The molecule has 0 saturated carbocycles. The maximum absolute atomic E-state index is 12.4. The fraction of sp³-hybridized carbons (Fsp3) is 0.263. The second-order valence-electron chi connectivity index (χ2n) is 6.22. The van der Waals surface area contributed by atoms with Crippen molar-refractivity contribution in [2.75, 3.05) is 5.32 Å². The molecule has 0 aliphatic carbocycles. The zero-order valence-corrected chi connectivity index (χ0v) is 16.2. The van der Waals surface area contributed by atoms with Crippen LogP contribution < -0.4 is 14.9 Å². The zero-order valence-electron chi connectivity index (χ0n) is 14.7. The second-order valence-corrected chi connectivity index (χ2v) is 7.65. The molecule has 0 radical (unpaired) electrons. The third-order valence-corrected chi connectivity index (χ3v) is 5.06. The third kappa shape index (κ3) is 3.92. The van der Waals surface area contributed by atoms with E-state index in [1.54, 1.807) is 41.8 Å². The molecule has 26 heavy (non-hydrogen) atoms. The number of rotatable bonds is 5. The maximum Gasteiger partial charge on any atom is 0.308 e. The predicted molar refractivity (Wildman–Crippen MR) is 107 cm³/mol. The van der Waals surface area contributed by atoms with Crippen LogP contribution in [-0.2, 0) is 4.79 Å². The number of hydrogen-bond donors (Lipinski definition) is 1. The minimum atomic E-state index is -0.675. The van der Waals surface area contributed by atoms with Crippen molar-refractivity contribution < 1.29 is 9.53 Å². The zero-order chi connectivity index (χ0) is 18.8. The van der Waals surface area contributed by atoms with E-state index in [9.17, 15) is 9.59 Å². The van der Waals surface area contributed by atoms with E-state index in [1.165, 1.54) is 11.3 Å². The average molecular weight is 391 g/mol. The Balaban J connectivity index is 1.74. The van der Waals surface area contributed by atoms with Crippen LogP contribution in [0.3, 0.4) is 0 Å². The van der Waals surface area contributed by atoms with Gasteiger partial charge in [0.15, 0.2) is 6.10 Å². The van der Waals surface area contributed by atoms with Crippen molar-refractivity contribution in [2.45, 2.75) is 32.9 Å². The lowest BCUT2D eigenvalue weighted by Gasteiger charge is -2.15. The van der Waals surface area contributed by atoms with Crippen LogP contribution in [0, 0.1) is 0 Å². The van der Waals surface area contributed by atoms with Crippen LogP contribution in [0.25, 0.3) is 10.2 Å². The highest BCUT2D eigenvalue weighted by Crippen LogP contribution is 2.24. The molecule has 0 spiro atoms. The number of fused-ring (bicyclic) bond motifs is 1. The van der Waals surface area contributed by atoms with Gasteiger partial charge >= 0.3 is 4.87 Å². The molecule has 1 unspecified atom stereocenters. The van der Waals surface area contributed by atoms with E-state index >= 15 is 0 Å². The second kappa shape index (κ2) is 7.51. The molecule has 0 fully saturated rings. The standard InChI is InChI=1S/C19H19ClN2O3S/c1-11(2)22-16-9-6-14(10-17(16)26-19(22)24)21-18(23)12(3)25-15-7-4-13(20)5-8-15/h4-12H,1-3H3,(H,21,23). The summed E-state index contributed by atoms with van der Waals surface area (Å²) in [7, 11) is 0. The van der Waals surface area contributed by atoms with Crippen LogP contribution in [0.1, 0.15) is 26.8 Å². The number of benzene rings is 2. The molecule has 1 heterocycles. The Bertz CT molecular complexity index is 992. The highest BCUT2D eigenvalue weighted by Gasteiger charge is 2.16. The molecule has 0 aliphatic rings. The molecule has 136 valence electrons. The van der Waals surface area contributed by atoms with Gasteiger partial charge in [0.25, 0.3) is 5.91 Å². The summed E-state index contributed by atoms with van der Waals surface area (Å²) in [4.78, 5) is 24.5. The molecule has 0 saturated heterocycles. The highest BCUT2D eigenvalue weighted by molar-refractivity contribution is 7.16. The van der Waals surface area contributed by atoms with Gasteiger partial charge in [0.2, 0.25) is 0 Å². The Morgan fingerprint density at radius 2 is 1.85 bits per heavy atom. The minimum Gasteiger partial charge on any atom is -0.481 e. The molecule has 1 aromatic heterocycles. The van der Waals surface area contributed by atoms with Crippen LogP contribution in [0.4, 0.5) is 5.69 Å². The number of thiazole rings is 1. The first-order chi connectivity index (χ1) is 12.3. The van der Waals surface area contributed by atoms with E-state index < -0.39 is 6.10 Å². The van der Waals surface area contributed by atoms with Gasteiger partial charge in [-0.05, 0) is 63.2 Å². The summed E-state index contributed by atoms with van der Waals surface area (Å²) >= 11 is 7.01. The summed E-state index contributed by atoms with van der Waals surface area (Å²) in [5.74, 6) is 0.301. The Hall–Kier alpha value is -2.31. The largest absolute Gasteiger partial charge is 0.481 e. The first kappa shape index (κ1) is 18.5. The molecular weight excluding hydrogens is 372 g/mol. The summed E-state index contributed by atoms with van der Waals surface area (Å²) < 4.78 is 8.21. The normalized spacial score (nSPS) is 12.3. The van der Waals surface area contributed by atoms with Gasteiger partial charge in [-0.25, -0.2) is 0 Å². The molecule has 1 amide bonds. The van der Waals surface area contributed by atoms with E-state index in [4.69, 9.17) is 16.3 Å². The van der Waals surface area contributed by atoms with Crippen LogP contribution in [0.15, 0.2) is 47.3 Å². The molecule has 3 aromatic rings. The summed E-state index contributed by atoms with van der Waals surface area (Å²) in [6.45, 7) is 5.62. The van der Waals surface area contributed by atoms with Crippen molar-refractivity contribution >= 4 is 44.7 Å². The van der Waals surface area contributed by atoms with Gasteiger partial charge in [0, 0.05) is 16.8 Å². The van der Waals surface area contributed by atoms with Crippen molar-refractivity contribution in [1.29, 1.82) is 0 Å². The number of amides is 1. The summed E-state index contributed by atoms with van der Waals surface area (Å²) in [6, 6.07) is 12.4. The average Bonchev–Trinajstić information content (AvgIpc) is 2.92. The SMILES string of the molecule is CC(Oc1ccc(Cl)cc1)C(=O)Nc1ccc2c(c1)sc(=O)n2C(C)C. The lowest BCUT2D eigenvalue weighted by atomic mass is 10.2. The van der Waals surface area contributed by atoms with Crippen molar-refractivity contribution in [3.8, 4) is 5.75 Å². The van der Waals surface area contributed by atoms with Crippen molar-refractivity contribution in [3.63, 3.8) is 0 Å². The summed E-state index contributed by atoms with van der Waals surface area (Å²) in [5.41, 5.74) is 1.50. The predicted octanol–water partition coefficient (Wildman–Crippen LogP) is 4.70. The smallest absolute Gasteiger partial charge is 0.308 e. The van der Waals surface area contributed by atoms with Gasteiger partial charge in [-0.1, -0.05) is 22.9 Å². The molecule has 1 atom stereocenters. The number of nitrogens with one attached hydrogen (secondary N) is 1. The van der Waals surface area contributed by atoms with Crippen molar-refractivity contribution in [1.82, 2.24) is 4.57 Å². The van der Waals surface area contributed by atoms with E-state index in [2.05, 4.69) is 5.32 Å². The molecule has 1 N–H and O–H groups in total. The fourth-order valence-electron chi connectivity index (χ4n) is 2.62. The van der Waals surface area contributed by atoms with E-state index in [-0.39, 0.29) is 16.8 Å². The van der Waals surface area contributed by atoms with E-state index in [0.717, 1.165) is 10.2 Å². The monoisotopic (exact) mass is 390 g/mol. The van der Waals surface area contributed by atoms with Crippen LogP contribution >= 0.6 is 22.9 Å². The van der Waals surface area contributed by atoms with Crippen molar-refractivity contribution in [3.05, 3.63) is 57.2 Å². The first-order valence-electron chi connectivity index (χ1n) is 8.23.